The van der Waals surface area contributed by atoms with Gasteiger partial charge in [0, 0.05) is 22.3 Å². The van der Waals surface area contributed by atoms with Crippen LogP contribution in [0.5, 0.6) is 5.75 Å². The number of H-pyrrole nitrogens is 1. The highest BCUT2D eigenvalue weighted by atomic mass is 35.5. The third kappa shape index (κ3) is 3.71. The second-order valence-corrected chi connectivity index (χ2v) is 9.15. The van der Waals surface area contributed by atoms with Crippen molar-refractivity contribution in [2.75, 3.05) is 5.32 Å². The quantitative estimate of drug-likeness (QED) is 0.311. The Morgan fingerprint density at radius 1 is 1.15 bits per heavy atom. The number of rotatable bonds is 5. The molecule has 0 fully saturated rings. The molecule has 0 aliphatic heterocycles. The van der Waals surface area contributed by atoms with E-state index in [1.54, 1.807) is 41.9 Å². The Labute approximate surface area is 197 Å². The number of aromatic nitrogens is 4. The first-order chi connectivity index (χ1) is 16.2. The molecule has 0 spiro atoms. The average molecular weight is 478 g/mol. The van der Waals surface area contributed by atoms with Crippen molar-refractivity contribution in [3.63, 3.8) is 0 Å². The third-order valence-corrected chi connectivity index (χ3v) is 7.11. The van der Waals surface area contributed by atoms with Crippen LogP contribution >= 0.6 is 22.9 Å². The summed E-state index contributed by atoms with van der Waals surface area (Å²) < 4.78 is 19.2. The molecule has 2 aromatic carbocycles. The van der Waals surface area contributed by atoms with Gasteiger partial charge in [-0.15, -0.1) is 11.3 Å². The monoisotopic (exact) mass is 477 g/mol. The van der Waals surface area contributed by atoms with Crippen LogP contribution in [0.4, 0.5) is 15.9 Å². The molecular weight excluding hydrogens is 461 g/mol. The molecule has 0 amide bonds. The molecule has 0 saturated heterocycles. The summed E-state index contributed by atoms with van der Waals surface area (Å²) in [4.78, 5) is 11.1. The average Bonchev–Trinajstić information content (AvgIpc) is 3.43. The molecule has 33 heavy (non-hydrogen) atoms. The van der Waals surface area contributed by atoms with Gasteiger partial charge in [0.1, 0.15) is 35.1 Å². The lowest BCUT2D eigenvalue weighted by molar-refractivity contribution is 0.306. The molecule has 1 aliphatic rings. The summed E-state index contributed by atoms with van der Waals surface area (Å²) in [5.74, 6) is 0.978. The number of aryl methyl sites for hydroxylation is 2. The molecule has 0 atom stereocenters. The predicted molar refractivity (Wildman–Crippen MR) is 128 cm³/mol. The number of nitrogens with one attached hydrogen (secondary N) is 2. The van der Waals surface area contributed by atoms with E-state index in [9.17, 15) is 4.39 Å². The Kier molecular flexibility index (Phi) is 4.96. The van der Waals surface area contributed by atoms with Gasteiger partial charge in [-0.3, -0.25) is 5.10 Å². The first-order valence-corrected chi connectivity index (χ1v) is 11.6. The smallest absolute Gasteiger partial charge is 0.142 e. The first-order valence-electron chi connectivity index (χ1n) is 10.4. The maximum Gasteiger partial charge on any atom is 0.142 e. The number of anilines is 2. The van der Waals surface area contributed by atoms with Gasteiger partial charge in [0.25, 0.3) is 0 Å². The Balaban J connectivity index is 1.27. The predicted octanol–water partition coefficient (Wildman–Crippen LogP) is 6.30. The second-order valence-electron chi connectivity index (χ2n) is 7.75. The summed E-state index contributed by atoms with van der Waals surface area (Å²) in [6, 6.07) is 11.8. The number of hydrogen-bond acceptors (Lipinski definition) is 6. The van der Waals surface area contributed by atoms with Crippen LogP contribution in [0.3, 0.4) is 0 Å². The van der Waals surface area contributed by atoms with Crippen molar-refractivity contribution in [2.45, 2.75) is 19.4 Å². The Morgan fingerprint density at radius 3 is 2.97 bits per heavy atom. The molecule has 6 nitrogen and oxygen atoms in total. The molecule has 2 N–H and O–H groups in total. The maximum atomic E-state index is 13.4. The van der Waals surface area contributed by atoms with Crippen LogP contribution in [-0.2, 0) is 19.4 Å². The molecule has 0 radical (unpaired) electrons. The van der Waals surface area contributed by atoms with E-state index in [1.165, 1.54) is 22.6 Å². The number of ether oxygens (including phenoxy) is 1. The number of fused-ring (bicyclic) bond motifs is 5. The minimum absolute atomic E-state index is 0.230. The van der Waals surface area contributed by atoms with E-state index in [-0.39, 0.29) is 12.4 Å². The number of thiophene rings is 1. The van der Waals surface area contributed by atoms with Gasteiger partial charge in [-0.2, -0.15) is 5.10 Å². The highest BCUT2D eigenvalue weighted by Crippen LogP contribution is 2.44. The highest BCUT2D eigenvalue weighted by molar-refractivity contribution is 7.22. The zero-order valence-electron chi connectivity index (χ0n) is 17.2. The summed E-state index contributed by atoms with van der Waals surface area (Å²) in [5, 5.41) is 12.2. The summed E-state index contributed by atoms with van der Waals surface area (Å²) in [5.41, 5.74) is 5.01. The minimum atomic E-state index is -0.294. The molecule has 3 aromatic heterocycles. The zero-order valence-corrected chi connectivity index (χ0v) is 18.8. The van der Waals surface area contributed by atoms with E-state index < -0.39 is 0 Å². The van der Waals surface area contributed by atoms with Crippen molar-refractivity contribution < 1.29 is 9.13 Å². The van der Waals surface area contributed by atoms with Gasteiger partial charge < -0.3 is 10.1 Å². The van der Waals surface area contributed by atoms with Crippen LogP contribution < -0.4 is 10.1 Å². The van der Waals surface area contributed by atoms with E-state index >= 15 is 0 Å². The lowest BCUT2D eigenvalue weighted by Gasteiger charge is -2.13. The van der Waals surface area contributed by atoms with Gasteiger partial charge in [0.15, 0.2) is 0 Å². The van der Waals surface area contributed by atoms with E-state index in [2.05, 4.69) is 25.5 Å². The van der Waals surface area contributed by atoms with Crippen LogP contribution in [0, 0.1) is 5.82 Å². The Hall–Kier alpha value is -3.49. The lowest BCUT2D eigenvalue weighted by atomic mass is 9.95. The van der Waals surface area contributed by atoms with Crippen LogP contribution in [0.15, 0.2) is 55.0 Å². The molecule has 5 aromatic rings. The first kappa shape index (κ1) is 20.1. The summed E-state index contributed by atoms with van der Waals surface area (Å²) in [6.07, 6.45) is 5.30. The van der Waals surface area contributed by atoms with Crippen molar-refractivity contribution in [1.82, 2.24) is 20.2 Å². The Morgan fingerprint density at radius 2 is 2.09 bits per heavy atom. The van der Waals surface area contributed by atoms with E-state index in [1.807, 2.05) is 12.3 Å². The zero-order chi connectivity index (χ0) is 22.4. The summed E-state index contributed by atoms with van der Waals surface area (Å²) in [6.45, 7) is 0.230. The molecule has 1 aliphatic carbocycles. The van der Waals surface area contributed by atoms with Gasteiger partial charge >= 0.3 is 0 Å². The summed E-state index contributed by atoms with van der Waals surface area (Å²) >= 11 is 8.13. The normalized spacial score (nSPS) is 12.4. The fraction of sp³-hybridized carbons (Fsp3) is 0.125. The second kappa shape index (κ2) is 8.13. The molecule has 3 heterocycles. The third-order valence-electron chi connectivity index (χ3n) is 5.64. The van der Waals surface area contributed by atoms with Crippen molar-refractivity contribution in [3.05, 3.63) is 82.6 Å². The fourth-order valence-electron chi connectivity index (χ4n) is 4.11. The SMILES string of the molecule is Fc1cccc(COc2ccc(Nc3ncnc4sc5c(c34)CCc3n[nH]cc3-5)cc2Cl)c1. The number of nitrogens with zero attached hydrogens (tertiary/aromatic N) is 3. The number of aromatic amines is 1. The van der Waals surface area contributed by atoms with Crippen LogP contribution in [0.1, 0.15) is 16.8 Å². The summed E-state index contributed by atoms with van der Waals surface area (Å²) in [7, 11) is 0. The van der Waals surface area contributed by atoms with Crippen LogP contribution in [-0.4, -0.2) is 20.2 Å². The van der Waals surface area contributed by atoms with Gasteiger partial charge in [-0.25, -0.2) is 14.4 Å². The number of hydrogen-bond donors (Lipinski definition) is 2. The van der Waals surface area contributed by atoms with E-state index in [4.69, 9.17) is 16.3 Å². The molecule has 0 bridgehead atoms. The Bertz CT molecular complexity index is 1500. The number of halogens is 2. The van der Waals surface area contributed by atoms with Crippen molar-refractivity contribution >= 4 is 44.7 Å². The van der Waals surface area contributed by atoms with Crippen molar-refractivity contribution in [2.24, 2.45) is 0 Å². The maximum absolute atomic E-state index is 13.4. The molecular formula is C24H17ClFN5OS. The minimum Gasteiger partial charge on any atom is -0.487 e. The molecule has 6 rings (SSSR count). The topological polar surface area (TPSA) is 75.7 Å². The number of benzene rings is 2. The van der Waals surface area contributed by atoms with Crippen molar-refractivity contribution in [3.8, 4) is 16.2 Å². The molecule has 9 heteroatoms. The highest BCUT2D eigenvalue weighted by Gasteiger charge is 2.25. The van der Waals surface area contributed by atoms with Crippen molar-refractivity contribution in [1.29, 1.82) is 0 Å². The fourth-order valence-corrected chi connectivity index (χ4v) is 5.57. The standard InChI is InChI=1S/C24H17ClFN5OS/c25-18-9-15(4-7-20(18)32-11-13-2-1-3-14(26)8-13)30-23-21-16-5-6-19-17(10-29-31-19)22(16)33-24(21)28-12-27-23/h1-4,7-10,12H,5-6,11H2,(H,29,31)(H,27,28,30). The van der Waals surface area contributed by atoms with Crippen LogP contribution in [0.25, 0.3) is 20.7 Å². The van der Waals surface area contributed by atoms with Gasteiger partial charge in [-0.05, 0) is 54.3 Å². The molecule has 164 valence electrons. The molecule has 0 unspecified atom stereocenters. The lowest BCUT2D eigenvalue weighted by Crippen LogP contribution is -2.02. The van der Waals surface area contributed by atoms with E-state index in [0.29, 0.717) is 10.8 Å². The van der Waals surface area contributed by atoms with Crippen LogP contribution in [0.2, 0.25) is 5.02 Å². The van der Waals surface area contributed by atoms with Gasteiger partial charge in [0.2, 0.25) is 0 Å². The molecule has 0 saturated carbocycles. The largest absolute Gasteiger partial charge is 0.487 e. The van der Waals surface area contributed by atoms with Gasteiger partial charge in [0.05, 0.1) is 16.1 Å². The van der Waals surface area contributed by atoms with Gasteiger partial charge in [-0.1, -0.05) is 23.7 Å². The van der Waals surface area contributed by atoms with E-state index in [0.717, 1.165) is 51.4 Å².